The molecule has 1 aliphatic heterocycles. The maximum Gasteiger partial charge on any atom is 0.225 e. The van der Waals surface area contributed by atoms with Crippen LogP contribution in [-0.2, 0) is 6.42 Å². The van der Waals surface area contributed by atoms with Gasteiger partial charge >= 0.3 is 0 Å². The molecule has 0 bridgehead atoms. The van der Waals surface area contributed by atoms with E-state index in [0.717, 1.165) is 58.2 Å². The summed E-state index contributed by atoms with van der Waals surface area (Å²) in [6.07, 6.45) is 4.56. The van der Waals surface area contributed by atoms with Crippen LogP contribution in [0.3, 0.4) is 0 Å². The molecule has 1 saturated heterocycles. The highest BCUT2D eigenvalue weighted by Gasteiger charge is 2.18. The Hall–Kier alpha value is -1.46. The highest BCUT2D eigenvalue weighted by atomic mass is 127. The standard InChI is InChI=1S/C17H25N7S.HI/c18-16(19-7-4-15-3-1-14-25-15)20-8-9-23-10-12-24(13-11-23)17-21-5-2-6-22-17;/h1-3,5-6,14H,4,7-13H2,(H3,18,19,20);1H. The van der Waals surface area contributed by atoms with Crippen LogP contribution in [-0.4, -0.2) is 66.6 Å². The fourth-order valence-electron chi connectivity index (χ4n) is 2.76. The number of nitrogens with zero attached hydrogens (tertiary/aromatic N) is 5. The van der Waals surface area contributed by atoms with Gasteiger partial charge in [0.2, 0.25) is 5.95 Å². The highest BCUT2D eigenvalue weighted by Crippen LogP contribution is 2.09. The predicted molar refractivity (Wildman–Crippen MR) is 119 cm³/mol. The summed E-state index contributed by atoms with van der Waals surface area (Å²) in [5, 5.41) is 5.27. The van der Waals surface area contributed by atoms with Crippen molar-refractivity contribution in [2.75, 3.05) is 50.7 Å². The van der Waals surface area contributed by atoms with Crippen LogP contribution in [0.5, 0.6) is 0 Å². The van der Waals surface area contributed by atoms with E-state index in [1.54, 1.807) is 23.7 Å². The van der Waals surface area contributed by atoms with Crippen LogP contribution in [0.25, 0.3) is 0 Å². The van der Waals surface area contributed by atoms with Crippen LogP contribution >= 0.6 is 35.3 Å². The number of aliphatic imine (C=N–C) groups is 1. The van der Waals surface area contributed by atoms with Crippen molar-refractivity contribution in [1.82, 2.24) is 20.2 Å². The summed E-state index contributed by atoms with van der Waals surface area (Å²) < 4.78 is 0. The molecule has 1 fully saturated rings. The lowest BCUT2D eigenvalue weighted by Gasteiger charge is -2.34. The van der Waals surface area contributed by atoms with Gasteiger partial charge in [0.25, 0.3) is 0 Å². The van der Waals surface area contributed by atoms with E-state index in [0.29, 0.717) is 5.96 Å². The molecule has 1 aliphatic rings. The molecule has 2 aromatic rings. The van der Waals surface area contributed by atoms with Crippen molar-refractivity contribution in [2.45, 2.75) is 6.42 Å². The molecule has 0 radical (unpaired) electrons. The molecule has 3 N–H and O–H groups in total. The molecular weight excluding hydrogens is 461 g/mol. The zero-order chi connectivity index (χ0) is 17.3. The normalized spacial score (nSPS) is 15.5. The van der Waals surface area contributed by atoms with Gasteiger partial charge < -0.3 is 16.0 Å². The van der Waals surface area contributed by atoms with E-state index in [-0.39, 0.29) is 24.0 Å². The Morgan fingerprint density at radius 2 is 1.96 bits per heavy atom. The molecule has 142 valence electrons. The minimum atomic E-state index is 0. The lowest BCUT2D eigenvalue weighted by molar-refractivity contribution is 0.264. The summed E-state index contributed by atoms with van der Waals surface area (Å²) in [4.78, 5) is 19.0. The number of aromatic nitrogens is 2. The Labute approximate surface area is 175 Å². The molecule has 3 heterocycles. The molecule has 0 atom stereocenters. The van der Waals surface area contributed by atoms with Crippen LogP contribution < -0.4 is 16.0 Å². The number of rotatable bonds is 7. The Morgan fingerprint density at radius 1 is 1.19 bits per heavy atom. The van der Waals surface area contributed by atoms with E-state index in [1.807, 2.05) is 6.07 Å². The largest absolute Gasteiger partial charge is 0.370 e. The van der Waals surface area contributed by atoms with Gasteiger partial charge in [-0.2, -0.15) is 0 Å². The summed E-state index contributed by atoms with van der Waals surface area (Å²) in [6.45, 7) is 6.37. The average Bonchev–Trinajstić information content (AvgIpc) is 3.16. The van der Waals surface area contributed by atoms with Crippen molar-refractivity contribution < 1.29 is 0 Å². The van der Waals surface area contributed by atoms with E-state index in [9.17, 15) is 0 Å². The molecule has 2 aromatic heterocycles. The second kappa shape index (κ2) is 11.3. The Morgan fingerprint density at radius 3 is 2.65 bits per heavy atom. The number of nitrogens with two attached hydrogens (primary N) is 1. The molecule has 0 unspecified atom stereocenters. The van der Waals surface area contributed by atoms with Crippen LogP contribution in [0.1, 0.15) is 4.88 Å². The molecule has 0 aromatic carbocycles. The molecule has 0 amide bonds. The first-order valence-corrected chi connectivity index (χ1v) is 9.50. The van der Waals surface area contributed by atoms with E-state index in [2.05, 4.69) is 47.6 Å². The third-order valence-corrected chi connectivity index (χ3v) is 5.10. The number of anilines is 1. The van der Waals surface area contributed by atoms with Crippen molar-refractivity contribution in [3.63, 3.8) is 0 Å². The second-order valence-electron chi connectivity index (χ2n) is 5.90. The summed E-state index contributed by atoms with van der Waals surface area (Å²) in [6, 6.07) is 6.05. The molecule has 3 rings (SSSR count). The first-order chi connectivity index (χ1) is 12.3. The van der Waals surface area contributed by atoms with E-state index < -0.39 is 0 Å². The summed E-state index contributed by atoms with van der Waals surface area (Å²) in [7, 11) is 0. The van der Waals surface area contributed by atoms with Crippen LogP contribution in [0, 0.1) is 0 Å². The second-order valence-corrected chi connectivity index (χ2v) is 6.93. The summed E-state index contributed by atoms with van der Waals surface area (Å²) >= 11 is 1.77. The number of hydrogen-bond donors (Lipinski definition) is 2. The lowest BCUT2D eigenvalue weighted by Crippen LogP contribution is -2.47. The SMILES string of the molecule is I.NC(=NCCN1CCN(c2ncccn2)CC1)NCCc1cccs1. The predicted octanol–water partition coefficient (Wildman–Crippen LogP) is 1.43. The van der Waals surface area contributed by atoms with Gasteiger partial charge in [0, 0.05) is 56.5 Å². The van der Waals surface area contributed by atoms with Gasteiger partial charge in [-0.25, -0.2) is 9.97 Å². The average molecular weight is 487 g/mol. The van der Waals surface area contributed by atoms with Gasteiger partial charge in [-0.15, -0.1) is 35.3 Å². The topological polar surface area (TPSA) is 82.7 Å². The first kappa shape index (κ1) is 20.8. The van der Waals surface area contributed by atoms with Gasteiger partial charge in [0.1, 0.15) is 0 Å². The Balaban J connectivity index is 0.00000243. The maximum absolute atomic E-state index is 5.93. The van der Waals surface area contributed by atoms with Crippen molar-refractivity contribution in [3.8, 4) is 0 Å². The van der Waals surface area contributed by atoms with Crippen LogP contribution in [0.4, 0.5) is 5.95 Å². The third-order valence-electron chi connectivity index (χ3n) is 4.16. The summed E-state index contributed by atoms with van der Waals surface area (Å²) in [5.41, 5.74) is 5.93. The number of nitrogens with one attached hydrogen (secondary N) is 1. The molecule has 7 nitrogen and oxygen atoms in total. The Bertz CT molecular complexity index is 642. The number of guanidine groups is 1. The van der Waals surface area contributed by atoms with Crippen LogP contribution in [0.2, 0.25) is 0 Å². The molecule has 9 heteroatoms. The van der Waals surface area contributed by atoms with Crippen molar-refractivity contribution >= 4 is 47.2 Å². The van der Waals surface area contributed by atoms with Crippen molar-refractivity contribution in [3.05, 3.63) is 40.8 Å². The summed E-state index contributed by atoms with van der Waals surface area (Å²) in [5.74, 6) is 1.35. The lowest BCUT2D eigenvalue weighted by atomic mass is 10.3. The smallest absolute Gasteiger partial charge is 0.225 e. The zero-order valence-electron chi connectivity index (χ0n) is 14.8. The van der Waals surface area contributed by atoms with Crippen molar-refractivity contribution in [1.29, 1.82) is 0 Å². The highest BCUT2D eigenvalue weighted by molar-refractivity contribution is 14.0. The maximum atomic E-state index is 5.93. The quantitative estimate of drug-likeness (QED) is 0.350. The van der Waals surface area contributed by atoms with Gasteiger partial charge in [-0.1, -0.05) is 6.07 Å². The number of piperazine rings is 1. The molecular formula is C17H26IN7S. The van der Waals surface area contributed by atoms with E-state index >= 15 is 0 Å². The minimum Gasteiger partial charge on any atom is -0.370 e. The third kappa shape index (κ3) is 6.69. The molecule has 0 spiro atoms. The van der Waals surface area contributed by atoms with Crippen LogP contribution in [0.15, 0.2) is 41.0 Å². The zero-order valence-corrected chi connectivity index (χ0v) is 17.9. The van der Waals surface area contributed by atoms with E-state index in [1.165, 1.54) is 4.88 Å². The Kier molecular flexibility index (Phi) is 9.06. The fraction of sp³-hybridized carbons (Fsp3) is 0.471. The number of thiophene rings is 1. The van der Waals surface area contributed by atoms with E-state index in [4.69, 9.17) is 5.73 Å². The molecule has 26 heavy (non-hydrogen) atoms. The monoisotopic (exact) mass is 487 g/mol. The molecule has 0 saturated carbocycles. The number of hydrogen-bond acceptors (Lipinski definition) is 6. The fourth-order valence-corrected chi connectivity index (χ4v) is 3.47. The van der Waals surface area contributed by atoms with Gasteiger partial charge in [-0.3, -0.25) is 9.89 Å². The van der Waals surface area contributed by atoms with Gasteiger partial charge in [-0.05, 0) is 23.9 Å². The minimum absolute atomic E-state index is 0. The van der Waals surface area contributed by atoms with Gasteiger partial charge in [0.15, 0.2) is 5.96 Å². The first-order valence-electron chi connectivity index (χ1n) is 8.62. The molecule has 0 aliphatic carbocycles. The van der Waals surface area contributed by atoms with Gasteiger partial charge in [0.05, 0.1) is 6.54 Å². The number of halogens is 1. The van der Waals surface area contributed by atoms with Crippen molar-refractivity contribution in [2.24, 2.45) is 10.7 Å².